The van der Waals surface area contributed by atoms with Gasteiger partial charge in [-0.05, 0) is 48.2 Å². The Kier molecular flexibility index (Phi) is 5.50. The molecule has 1 aliphatic carbocycles. The molecule has 1 heterocycles. The van der Waals surface area contributed by atoms with Gasteiger partial charge in [0.1, 0.15) is 5.56 Å². The zero-order chi connectivity index (χ0) is 22.3. The lowest BCUT2D eigenvalue weighted by atomic mass is 9.75. The molecule has 1 aliphatic rings. The average molecular weight is 455 g/mol. The minimum atomic E-state index is -0.617. The van der Waals surface area contributed by atoms with Crippen molar-refractivity contribution in [3.8, 4) is 5.69 Å². The molecule has 0 bridgehead atoms. The lowest BCUT2D eigenvalue weighted by Crippen LogP contribution is -2.37. The first-order valence-electron chi connectivity index (χ1n) is 9.80. The predicted octanol–water partition coefficient (Wildman–Crippen LogP) is 5.55. The molecular formula is C24H20Cl2N2O3. The summed E-state index contributed by atoms with van der Waals surface area (Å²) in [4.78, 5) is 39.4. The van der Waals surface area contributed by atoms with E-state index in [0.717, 1.165) is 0 Å². The zero-order valence-electron chi connectivity index (χ0n) is 17.0. The number of amides is 1. The monoisotopic (exact) mass is 454 g/mol. The molecule has 3 aromatic rings. The highest BCUT2D eigenvalue weighted by Crippen LogP contribution is 2.35. The summed E-state index contributed by atoms with van der Waals surface area (Å²) in [6.45, 7) is 4.00. The van der Waals surface area contributed by atoms with Crippen LogP contribution in [0.15, 0.2) is 59.4 Å². The number of anilines is 1. The summed E-state index contributed by atoms with van der Waals surface area (Å²) < 4.78 is 1.48. The molecule has 31 heavy (non-hydrogen) atoms. The molecule has 4 rings (SSSR count). The average Bonchev–Trinajstić information content (AvgIpc) is 2.70. The van der Waals surface area contributed by atoms with Gasteiger partial charge in [-0.3, -0.25) is 19.0 Å². The Morgan fingerprint density at radius 3 is 2.35 bits per heavy atom. The van der Waals surface area contributed by atoms with E-state index >= 15 is 0 Å². The maximum absolute atomic E-state index is 13.5. The summed E-state index contributed by atoms with van der Waals surface area (Å²) in [5.41, 5.74) is 1.17. The van der Waals surface area contributed by atoms with Gasteiger partial charge in [0, 0.05) is 29.1 Å². The summed E-state index contributed by atoms with van der Waals surface area (Å²) in [6.07, 6.45) is 0.897. The molecule has 1 amide bonds. The maximum atomic E-state index is 13.5. The van der Waals surface area contributed by atoms with Crippen LogP contribution < -0.4 is 10.9 Å². The maximum Gasteiger partial charge on any atom is 0.268 e. The Morgan fingerprint density at radius 2 is 1.68 bits per heavy atom. The quantitative estimate of drug-likeness (QED) is 0.563. The standard InChI is InChI=1S/C24H20Cl2N2O3/c1-24(2)12-20-16(21(29)13-24)11-17(23(31)28(20)15-6-4-3-5-7-15)22(30)27-14-8-9-18(25)19(26)10-14/h3-11H,12-13H2,1-2H3,(H,27,30). The summed E-state index contributed by atoms with van der Waals surface area (Å²) in [7, 11) is 0. The molecule has 0 unspecified atom stereocenters. The Labute approximate surface area is 189 Å². The number of fused-ring (bicyclic) bond motifs is 1. The van der Waals surface area contributed by atoms with Gasteiger partial charge in [0.2, 0.25) is 0 Å². The van der Waals surface area contributed by atoms with Crippen molar-refractivity contribution in [2.45, 2.75) is 26.7 Å². The summed E-state index contributed by atoms with van der Waals surface area (Å²) in [6, 6.07) is 15.1. The number of carbonyl (C=O) groups is 2. The molecule has 0 spiro atoms. The molecule has 0 aliphatic heterocycles. The van der Waals surface area contributed by atoms with E-state index < -0.39 is 11.5 Å². The van der Waals surface area contributed by atoms with Gasteiger partial charge < -0.3 is 5.32 Å². The Morgan fingerprint density at radius 1 is 0.968 bits per heavy atom. The van der Waals surface area contributed by atoms with Crippen molar-refractivity contribution in [3.05, 3.63) is 91.8 Å². The van der Waals surface area contributed by atoms with Crippen LogP contribution in [0.1, 0.15) is 46.7 Å². The largest absolute Gasteiger partial charge is 0.322 e. The second-order valence-electron chi connectivity index (χ2n) is 8.42. The minimum absolute atomic E-state index is 0.0838. The van der Waals surface area contributed by atoms with Crippen LogP contribution in [0.25, 0.3) is 5.69 Å². The zero-order valence-corrected chi connectivity index (χ0v) is 18.6. The molecule has 1 N–H and O–H groups in total. The molecule has 158 valence electrons. The van der Waals surface area contributed by atoms with Gasteiger partial charge in [-0.15, -0.1) is 0 Å². The van der Waals surface area contributed by atoms with Gasteiger partial charge in [0.05, 0.1) is 10.0 Å². The van der Waals surface area contributed by atoms with Crippen LogP contribution in [0.3, 0.4) is 0 Å². The van der Waals surface area contributed by atoms with E-state index in [2.05, 4.69) is 5.32 Å². The number of pyridine rings is 1. The molecule has 0 radical (unpaired) electrons. The number of hydrogen-bond acceptors (Lipinski definition) is 3. The number of rotatable bonds is 3. The third-order valence-corrected chi connectivity index (χ3v) is 6.06. The number of halogens is 2. The first kappa shape index (κ1) is 21.3. The van der Waals surface area contributed by atoms with Crippen molar-refractivity contribution in [1.29, 1.82) is 0 Å². The Hall–Kier alpha value is -2.89. The number of para-hydroxylation sites is 1. The number of benzene rings is 2. The van der Waals surface area contributed by atoms with Crippen LogP contribution in [0.5, 0.6) is 0 Å². The molecule has 2 aromatic carbocycles. The smallest absolute Gasteiger partial charge is 0.268 e. The highest BCUT2D eigenvalue weighted by atomic mass is 35.5. The van der Waals surface area contributed by atoms with Gasteiger partial charge in [-0.25, -0.2) is 0 Å². The third-order valence-electron chi connectivity index (χ3n) is 5.32. The van der Waals surface area contributed by atoms with E-state index in [9.17, 15) is 14.4 Å². The van der Waals surface area contributed by atoms with Crippen molar-refractivity contribution in [2.75, 3.05) is 5.32 Å². The number of Topliss-reactive ketones (excluding diaryl/α,β-unsaturated/α-hetero) is 1. The third kappa shape index (κ3) is 4.16. The van der Waals surface area contributed by atoms with E-state index in [4.69, 9.17) is 23.2 Å². The van der Waals surface area contributed by atoms with Gasteiger partial charge >= 0.3 is 0 Å². The van der Waals surface area contributed by atoms with Gasteiger partial charge in [-0.2, -0.15) is 0 Å². The first-order valence-corrected chi connectivity index (χ1v) is 10.6. The topological polar surface area (TPSA) is 68.2 Å². The normalized spacial score (nSPS) is 14.8. The second kappa shape index (κ2) is 7.98. The van der Waals surface area contributed by atoms with Crippen molar-refractivity contribution < 1.29 is 9.59 Å². The van der Waals surface area contributed by atoms with Crippen molar-refractivity contribution in [3.63, 3.8) is 0 Å². The molecule has 0 fully saturated rings. The molecule has 5 nitrogen and oxygen atoms in total. The van der Waals surface area contributed by atoms with Crippen LogP contribution in [0, 0.1) is 5.41 Å². The van der Waals surface area contributed by atoms with Crippen molar-refractivity contribution in [1.82, 2.24) is 4.57 Å². The number of carbonyl (C=O) groups excluding carboxylic acids is 2. The number of nitrogens with one attached hydrogen (secondary N) is 1. The number of aromatic nitrogens is 1. The van der Waals surface area contributed by atoms with Crippen LogP contribution >= 0.6 is 23.2 Å². The summed E-state index contributed by atoms with van der Waals surface area (Å²) in [5, 5.41) is 3.31. The first-order chi connectivity index (χ1) is 14.7. The van der Waals surface area contributed by atoms with Crippen LogP contribution in [0.4, 0.5) is 5.69 Å². The highest BCUT2D eigenvalue weighted by Gasteiger charge is 2.35. The predicted molar refractivity (Wildman–Crippen MR) is 123 cm³/mol. The van der Waals surface area contributed by atoms with E-state index in [1.165, 1.54) is 16.7 Å². The SMILES string of the molecule is CC1(C)CC(=O)c2cc(C(=O)Nc3ccc(Cl)c(Cl)c3)c(=O)n(-c3ccccc3)c2C1. The highest BCUT2D eigenvalue weighted by molar-refractivity contribution is 6.42. The van der Waals surface area contributed by atoms with E-state index in [0.29, 0.717) is 40.5 Å². The molecule has 0 atom stereocenters. The molecule has 0 saturated heterocycles. The number of nitrogens with zero attached hydrogens (tertiary/aromatic N) is 1. The van der Waals surface area contributed by atoms with Crippen LogP contribution in [-0.4, -0.2) is 16.3 Å². The lowest BCUT2D eigenvalue weighted by molar-refractivity contribution is 0.0909. The van der Waals surface area contributed by atoms with Gasteiger partial charge in [-0.1, -0.05) is 55.2 Å². The number of ketones is 1. The fraction of sp³-hybridized carbons (Fsp3) is 0.208. The van der Waals surface area contributed by atoms with E-state index in [1.807, 2.05) is 32.0 Å². The van der Waals surface area contributed by atoms with Crippen LogP contribution in [0.2, 0.25) is 10.0 Å². The van der Waals surface area contributed by atoms with E-state index in [-0.39, 0.29) is 21.8 Å². The van der Waals surface area contributed by atoms with Gasteiger partial charge in [0.15, 0.2) is 5.78 Å². The second-order valence-corrected chi connectivity index (χ2v) is 9.23. The summed E-state index contributed by atoms with van der Waals surface area (Å²) >= 11 is 12.0. The molecular weight excluding hydrogens is 435 g/mol. The fourth-order valence-corrected chi connectivity index (χ4v) is 4.20. The Balaban J connectivity index is 1.87. The fourth-order valence-electron chi connectivity index (χ4n) is 3.90. The van der Waals surface area contributed by atoms with Crippen molar-refractivity contribution >= 4 is 40.6 Å². The summed E-state index contributed by atoms with van der Waals surface area (Å²) in [5.74, 6) is -0.701. The van der Waals surface area contributed by atoms with E-state index in [1.54, 1.807) is 24.3 Å². The Bertz CT molecular complexity index is 1260. The lowest BCUT2D eigenvalue weighted by Gasteiger charge is -2.32. The minimum Gasteiger partial charge on any atom is -0.322 e. The van der Waals surface area contributed by atoms with Gasteiger partial charge in [0.25, 0.3) is 11.5 Å². The van der Waals surface area contributed by atoms with Crippen LogP contribution in [-0.2, 0) is 6.42 Å². The molecule has 0 saturated carbocycles. The van der Waals surface area contributed by atoms with Crippen molar-refractivity contribution in [2.24, 2.45) is 5.41 Å². The molecule has 7 heteroatoms. The molecule has 1 aromatic heterocycles. The number of hydrogen-bond donors (Lipinski definition) is 1.